The Hall–Kier alpha value is -2.16. The quantitative estimate of drug-likeness (QED) is 0.452. The number of pyridine rings is 1. The number of nitrogens with two attached hydrogens (primary N) is 1. The average Bonchev–Trinajstić information content (AvgIpc) is 3.23. The Morgan fingerprint density at radius 1 is 1.37 bits per heavy atom. The Balaban J connectivity index is 1.73. The number of nitrogen functional groups attached to an aromatic ring is 1. The maximum atomic E-state index is 6.60. The van der Waals surface area contributed by atoms with Gasteiger partial charge in [-0.15, -0.1) is 0 Å². The molecule has 0 aliphatic carbocycles. The molecule has 0 bridgehead atoms. The summed E-state index contributed by atoms with van der Waals surface area (Å²) in [5.41, 5.74) is 9.44. The van der Waals surface area contributed by atoms with E-state index in [0.29, 0.717) is 11.7 Å². The zero-order valence-electron chi connectivity index (χ0n) is 17.9. The van der Waals surface area contributed by atoms with Crippen LogP contribution in [0.3, 0.4) is 0 Å². The van der Waals surface area contributed by atoms with Crippen LogP contribution in [0.25, 0.3) is 11.1 Å². The molecule has 7 nitrogen and oxygen atoms in total. The molecule has 3 aromatic heterocycles. The zero-order chi connectivity index (χ0) is 21.6. The van der Waals surface area contributed by atoms with Crippen LogP contribution in [0, 0.1) is 5.41 Å². The van der Waals surface area contributed by atoms with E-state index in [1.165, 1.54) is 0 Å². The smallest absolute Gasteiger partial charge is 0.223 e. The van der Waals surface area contributed by atoms with Crippen LogP contribution in [-0.2, 0) is 11.0 Å². The summed E-state index contributed by atoms with van der Waals surface area (Å²) in [5.74, 6) is 0.997. The molecule has 0 fully saturated rings. The van der Waals surface area contributed by atoms with E-state index < -0.39 is 9.04 Å². The normalized spacial score (nSPS) is 17.7. The second kappa shape index (κ2) is 7.83. The molecule has 0 spiro atoms. The van der Waals surface area contributed by atoms with Gasteiger partial charge >= 0.3 is 0 Å². The maximum Gasteiger partial charge on any atom is 0.223 e. The standard InChI is InChI=1S/C21H27ClN5O2Si/c1-21(2,3)17(29-30(4)5)13-11-27(19-16(13)18(22)25-20(23)26-19)10-12-8-15-14(24-9-12)6-7-28-15/h6-9,13,17H,10-11H2,1-5H3,(H2,23,25,26). The van der Waals surface area contributed by atoms with E-state index >= 15 is 0 Å². The van der Waals surface area contributed by atoms with Gasteiger partial charge in [-0.05, 0) is 30.1 Å². The van der Waals surface area contributed by atoms with Crippen LogP contribution < -0.4 is 10.6 Å². The fourth-order valence-corrected chi connectivity index (χ4v) is 5.46. The van der Waals surface area contributed by atoms with Crippen molar-refractivity contribution in [2.45, 2.75) is 52.4 Å². The Morgan fingerprint density at radius 2 is 2.13 bits per heavy atom. The minimum Gasteiger partial charge on any atom is -0.463 e. The summed E-state index contributed by atoms with van der Waals surface area (Å²) in [6.45, 7) is 12.3. The van der Waals surface area contributed by atoms with Crippen LogP contribution >= 0.6 is 11.6 Å². The number of fused-ring (bicyclic) bond motifs is 2. The van der Waals surface area contributed by atoms with Crippen LogP contribution in [0.15, 0.2) is 29.0 Å². The number of anilines is 2. The Bertz CT molecular complexity index is 1070. The van der Waals surface area contributed by atoms with Gasteiger partial charge in [0.2, 0.25) is 15.0 Å². The largest absolute Gasteiger partial charge is 0.463 e. The average molecular weight is 445 g/mol. The van der Waals surface area contributed by atoms with Gasteiger partial charge < -0.3 is 19.5 Å². The van der Waals surface area contributed by atoms with Crippen LogP contribution in [0.2, 0.25) is 18.2 Å². The molecule has 159 valence electrons. The monoisotopic (exact) mass is 444 g/mol. The van der Waals surface area contributed by atoms with E-state index in [0.717, 1.165) is 34.6 Å². The van der Waals surface area contributed by atoms with Crippen molar-refractivity contribution >= 4 is 43.5 Å². The number of rotatable bonds is 5. The van der Waals surface area contributed by atoms with Gasteiger partial charge in [0.15, 0.2) is 5.58 Å². The van der Waals surface area contributed by atoms with Gasteiger partial charge in [-0.1, -0.05) is 32.4 Å². The third kappa shape index (κ3) is 4.04. The van der Waals surface area contributed by atoms with Gasteiger partial charge in [-0.25, -0.2) is 4.98 Å². The molecule has 1 aliphatic rings. The first-order chi connectivity index (χ1) is 14.1. The first-order valence-corrected chi connectivity index (χ1v) is 12.8. The van der Waals surface area contributed by atoms with E-state index in [1.54, 1.807) is 6.26 Å². The molecule has 0 saturated carbocycles. The summed E-state index contributed by atoms with van der Waals surface area (Å²) in [7, 11) is -0.918. The van der Waals surface area contributed by atoms with Gasteiger partial charge in [0.25, 0.3) is 0 Å². The SMILES string of the molecule is C[Si](C)OC(C1CN(Cc2cnc3ccoc3c2)c2nc(N)nc(Cl)c21)C(C)(C)C. The lowest BCUT2D eigenvalue weighted by molar-refractivity contribution is 0.0648. The lowest BCUT2D eigenvalue weighted by Crippen LogP contribution is -2.40. The number of hydrogen-bond acceptors (Lipinski definition) is 7. The lowest BCUT2D eigenvalue weighted by atomic mass is 9.79. The number of hydrogen-bond donors (Lipinski definition) is 1. The molecule has 1 radical (unpaired) electrons. The van der Waals surface area contributed by atoms with E-state index in [1.807, 2.05) is 18.3 Å². The Morgan fingerprint density at radius 3 is 2.83 bits per heavy atom. The third-order valence-electron chi connectivity index (χ3n) is 5.30. The van der Waals surface area contributed by atoms with Crippen molar-refractivity contribution in [1.29, 1.82) is 0 Å². The minimum atomic E-state index is -0.918. The van der Waals surface area contributed by atoms with Crippen molar-refractivity contribution in [3.05, 3.63) is 40.9 Å². The van der Waals surface area contributed by atoms with Crippen molar-refractivity contribution in [2.75, 3.05) is 17.2 Å². The molecule has 2 unspecified atom stereocenters. The lowest BCUT2D eigenvalue weighted by Gasteiger charge is -2.37. The number of halogens is 1. The molecular weight excluding hydrogens is 418 g/mol. The highest BCUT2D eigenvalue weighted by Crippen LogP contribution is 2.46. The summed E-state index contributed by atoms with van der Waals surface area (Å²) in [6.07, 6.45) is 3.50. The summed E-state index contributed by atoms with van der Waals surface area (Å²) in [4.78, 5) is 15.5. The molecule has 2 N–H and O–H groups in total. The van der Waals surface area contributed by atoms with Crippen molar-refractivity contribution in [3.8, 4) is 0 Å². The fourth-order valence-electron chi connectivity index (χ4n) is 4.12. The van der Waals surface area contributed by atoms with Crippen LogP contribution in [0.5, 0.6) is 0 Å². The zero-order valence-corrected chi connectivity index (χ0v) is 19.7. The molecule has 3 aromatic rings. The van der Waals surface area contributed by atoms with Crippen LogP contribution in [-0.4, -0.2) is 36.6 Å². The molecule has 4 rings (SSSR count). The van der Waals surface area contributed by atoms with E-state index in [2.05, 4.69) is 53.7 Å². The summed E-state index contributed by atoms with van der Waals surface area (Å²) in [5, 5.41) is 0.406. The van der Waals surface area contributed by atoms with Gasteiger partial charge in [0, 0.05) is 36.8 Å². The number of nitrogens with zero attached hydrogens (tertiary/aromatic N) is 4. The molecule has 1 aliphatic heterocycles. The molecule has 2 atom stereocenters. The number of furan rings is 1. The van der Waals surface area contributed by atoms with Crippen molar-refractivity contribution in [2.24, 2.45) is 5.41 Å². The minimum absolute atomic E-state index is 0.0134. The van der Waals surface area contributed by atoms with Gasteiger partial charge in [0.05, 0.1) is 12.4 Å². The predicted octanol–water partition coefficient (Wildman–Crippen LogP) is 4.64. The van der Waals surface area contributed by atoms with E-state index in [-0.39, 0.29) is 23.4 Å². The maximum absolute atomic E-state index is 6.60. The topological polar surface area (TPSA) is 90.3 Å². The van der Waals surface area contributed by atoms with E-state index in [4.69, 9.17) is 26.2 Å². The van der Waals surface area contributed by atoms with Gasteiger partial charge in [-0.2, -0.15) is 4.98 Å². The van der Waals surface area contributed by atoms with E-state index in [9.17, 15) is 0 Å². The molecular formula is C21H27ClN5O2Si. The summed E-state index contributed by atoms with van der Waals surface area (Å²) < 4.78 is 12.0. The van der Waals surface area contributed by atoms with Crippen molar-refractivity contribution < 1.29 is 8.84 Å². The van der Waals surface area contributed by atoms with Crippen LogP contribution in [0.1, 0.15) is 37.8 Å². The predicted molar refractivity (Wildman–Crippen MR) is 121 cm³/mol. The first kappa shape index (κ1) is 21.1. The highest BCUT2D eigenvalue weighted by atomic mass is 35.5. The molecule has 0 saturated heterocycles. The third-order valence-corrected chi connectivity index (χ3v) is 6.31. The second-order valence-corrected chi connectivity index (χ2v) is 11.5. The first-order valence-electron chi connectivity index (χ1n) is 10.0. The Labute approximate surface area is 183 Å². The summed E-state index contributed by atoms with van der Waals surface area (Å²) >= 11 is 6.60. The second-order valence-electron chi connectivity index (χ2n) is 9.06. The number of aromatic nitrogens is 3. The fraction of sp³-hybridized carbons (Fsp3) is 0.476. The van der Waals surface area contributed by atoms with Crippen LogP contribution in [0.4, 0.5) is 11.8 Å². The van der Waals surface area contributed by atoms with Gasteiger partial charge in [0.1, 0.15) is 16.5 Å². The molecule has 9 heteroatoms. The highest BCUT2D eigenvalue weighted by Gasteiger charge is 2.43. The van der Waals surface area contributed by atoms with Gasteiger partial charge in [-0.3, -0.25) is 4.98 Å². The molecule has 30 heavy (non-hydrogen) atoms. The Kier molecular flexibility index (Phi) is 5.50. The van der Waals surface area contributed by atoms with Crippen molar-refractivity contribution in [1.82, 2.24) is 15.0 Å². The molecule has 0 amide bonds. The summed E-state index contributed by atoms with van der Waals surface area (Å²) in [6, 6.07) is 3.87. The van der Waals surface area contributed by atoms with Crippen molar-refractivity contribution in [3.63, 3.8) is 0 Å². The molecule has 4 heterocycles. The molecule has 0 aromatic carbocycles. The highest BCUT2D eigenvalue weighted by molar-refractivity contribution is 6.48.